The summed E-state index contributed by atoms with van der Waals surface area (Å²) in [5, 5.41) is 14.6. The zero-order valence-corrected chi connectivity index (χ0v) is 22.7. The molecule has 3 rings (SSSR count). The Morgan fingerprint density at radius 3 is 2.32 bits per heavy atom. The molecule has 3 aromatic carbocycles. The van der Waals surface area contributed by atoms with Crippen LogP contribution in [0, 0.1) is 5.82 Å². The molecule has 0 aliphatic rings. The van der Waals surface area contributed by atoms with E-state index in [-0.39, 0.29) is 42.8 Å². The van der Waals surface area contributed by atoms with Gasteiger partial charge in [-0.2, -0.15) is 13.2 Å². The van der Waals surface area contributed by atoms with Gasteiger partial charge in [-0.15, -0.1) is 0 Å². The van der Waals surface area contributed by atoms with Gasteiger partial charge in [-0.25, -0.2) is 4.39 Å². The molecule has 0 saturated heterocycles. The van der Waals surface area contributed by atoms with Gasteiger partial charge in [0.1, 0.15) is 23.9 Å². The van der Waals surface area contributed by atoms with Crippen LogP contribution in [0.2, 0.25) is 0 Å². The molecule has 11 heteroatoms. The highest BCUT2D eigenvalue weighted by Gasteiger charge is 2.31. The van der Waals surface area contributed by atoms with Crippen LogP contribution in [0.3, 0.4) is 0 Å². The van der Waals surface area contributed by atoms with E-state index in [0.29, 0.717) is 22.9 Å². The Bertz CT molecular complexity index is 1330. The smallest absolute Gasteiger partial charge is 0.416 e. The molecule has 0 spiro atoms. The van der Waals surface area contributed by atoms with Gasteiger partial charge >= 0.3 is 12.1 Å². The van der Waals surface area contributed by atoms with Crippen molar-refractivity contribution in [1.82, 2.24) is 5.32 Å². The molecule has 0 fully saturated rings. The molecule has 0 bridgehead atoms. The molecule has 41 heavy (non-hydrogen) atoms. The van der Waals surface area contributed by atoms with Gasteiger partial charge in [0.25, 0.3) is 5.91 Å². The zero-order chi connectivity index (χ0) is 30.0. The molecular weight excluding hydrogens is 544 g/mol. The van der Waals surface area contributed by atoms with Crippen molar-refractivity contribution in [3.05, 3.63) is 77.6 Å². The molecule has 0 aromatic heterocycles. The van der Waals surface area contributed by atoms with Crippen LogP contribution in [0.1, 0.15) is 48.5 Å². The number of carbonyl (C=O) groups is 2. The van der Waals surface area contributed by atoms with E-state index in [1.54, 1.807) is 36.4 Å². The summed E-state index contributed by atoms with van der Waals surface area (Å²) >= 11 is 0. The minimum absolute atomic E-state index is 0.0251. The van der Waals surface area contributed by atoms with Crippen LogP contribution in [0.15, 0.2) is 60.7 Å². The predicted octanol–water partition coefficient (Wildman–Crippen LogP) is 6.77. The largest absolute Gasteiger partial charge is 0.496 e. The van der Waals surface area contributed by atoms with Crippen LogP contribution >= 0.6 is 0 Å². The van der Waals surface area contributed by atoms with Crippen molar-refractivity contribution in [1.29, 1.82) is 0 Å². The summed E-state index contributed by atoms with van der Waals surface area (Å²) in [7, 11) is 1.38. The summed E-state index contributed by atoms with van der Waals surface area (Å²) in [6.45, 7) is 2.38. The minimum atomic E-state index is -4.65. The summed E-state index contributed by atoms with van der Waals surface area (Å²) in [4.78, 5) is 22.8. The summed E-state index contributed by atoms with van der Waals surface area (Å²) in [6.07, 6.45) is -2.12. The number of nitrogens with one attached hydrogen (secondary N) is 2. The summed E-state index contributed by atoms with van der Waals surface area (Å²) < 4.78 is 64.7. The lowest BCUT2D eigenvalue weighted by atomic mass is 10.0. The third-order valence-corrected chi connectivity index (χ3v) is 6.26. The Kier molecular flexibility index (Phi) is 11.0. The number of methoxy groups -OCH3 is 1. The molecule has 0 unspecified atom stereocenters. The number of alkyl halides is 3. The van der Waals surface area contributed by atoms with Crippen LogP contribution in [-0.2, 0) is 11.0 Å². The van der Waals surface area contributed by atoms with Crippen molar-refractivity contribution in [2.75, 3.05) is 25.6 Å². The molecular formula is C30H32F4N2O5. The van der Waals surface area contributed by atoms with E-state index in [1.807, 2.05) is 0 Å². The van der Waals surface area contributed by atoms with E-state index < -0.39 is 23.5 Å². The van der Waals surface area contributed by atoms with Crippen molar-refractivity contribution >= 4 is 17.6 Å². The molecule has 1 atom stereocenters. The molecule has 0 heterocycles. The van der Waals surface area contributed by atoms with E-state index in [2.05, 4.69) is 17.6 Å². The molecule has 0 saturated carbocycles. The number of unbranched alkanes of at least 4 members (excludes halogenated alkanes) is 1. The van der Waals surface area contributed by atoms with Gasteiger partial charge in [-0.05, 0) is 55.0 Å². The number of carboxylic acids is 1. The lowest BCUT2D eigenvalue weighted by Crippen LogP contribution is -2.27. The van der Waals surface area contributed by atoms with Crippen LogP contribution in [0.4, 0.5) is 23.2 Å². The van der Waals surface area contributed by atoms with Crippen LogP contribution in [0.5, 0.6) is 11.5 Å². The van der Waals surface area contributed by atoms with Crippen molar-refractivity contribution in [2.45, 2.75) is 44.8 Å². The third kappa shape index (κ3) is 9.12. The van der Waals surface area contributed by atoms with E-state index in [1.165, 1.54) is 13.2 Å². The van der Waals surface area contributed by atoms with Gasteiger partial charge in [0.05, 0.1) is 25.1 Å². The first-order valence-corrected chi connectivity index (χ1v) is 13.1. The van der Waals surface area contributed by atoms with Crippen molar-refractivity contribution in [2.24, 2.45) is 0 Å². The van der Waals surface area contributed by atoms with Gasteiger partial charge in [0.2, 0.25) is 0 Å². The Morgan fingerprint density at radius 2 is 1.71 bits per heavy atom. The number of carbonyl (C=O) groups excluding carboxylic acids is 1. The number of ether oxygens (including phenoxy) is 2. The lowest BCUT2D eigenvalue weighted by Gasteiger charge is -2.21. The highest BCUT2D eigenvalue weighted by Crippen LogP contribution is 2.37. The number of aliphatic carboxylic acids is 1. The Hall–Kier alpha value is -4.28. The predicted molar refractivity (Wildman–Crippen MR) is 147 cm³/mol. The summed E-state index contributed by atoms with van der Waals surface area (Å²) in [5.41, 5.74) is 0.361. The van der Waals surface area contributed by atoms with Crippen LogP contribution < -0.4 is 20.1 Å². The quantitative estimate of drug-likeness (QED) is 0.183. The lowest BCUT2D eigenvalue weighted by molar-refractivity contribution is -0.138. The van der Waals surface area contributed by atoms with Crippen molar-refractivity contribution < 1.29 is 41.7 Å². The fourth-order valence-corrected chi connectivity index (χ4v) is 4.08. The Balaban J connectivity index is 1.67. The van der Waals surface area contributed by atoms with Crippen LogP contribution in [-0.4, -0.2) is 43.3 Å². The fraction of sp³-hybridized carbons (Fsp3) is 0.333. The molecule has 3 aromatic rings. The number of carboxylic acid groups (broad SMARTS) is 1. The van der Waals surface area contributed by atoms with E-state index in [0.717, 1.165) is 37.1 Å². The van der Waals surface area contributed by atoms with Crippen molar-refractivity contribution in [3.63, 3.8) is 0 Å². The van der Waals surface area contributed by atoms with Gasteiger partial charge < -0.3 is 25.2 Å². The topological polar surface area (TPSA) is 96.9 Å². The maximum Gasteiger partial charge on any atom is 0.416 e. The number of hydrogen-bond donors (Lipinski definition) is 3. The monoisotopic (exact) mass is 576 g/mol. The van der Waals surface area contributed by atoms with E-state index >= 15 is 0 Å². The molecule has 7 nitrogen and oxygen atoms in total. The first kappa shape index (κ1) is 31.3. The van der Waals surface area contributed by atoms with Gasteiger partial charge in [-0.3, -0.25) is 9.59 Å². The summed E-state index contributed by atoms with van der Waals surface area (Å²) in [6, 6.07) is 13.7. The maximum atomic E-state index is 14.6. The number of hydrogen-bond acceptors (Lipinski definition) is 5. The molecule has 0 aliphatic carbocycles. The Morgan fingerprint density at radius 1 is 1.00 bits per heavy atom. The SMILES string of the molecule is CCCC[C@@H](COc1ccc(-c2ccc(C(F)(F)F)cc2F)c(OC)c1)Nc1ccc(C(=O)NCCC(=O)O)cc1. The molecule has 0 aliphatic heterocycles. The highest BCUT2D eigenvalue weighted by atomic mass is 19.4. The van der Waals surface area contributed by atoms with E-state index in [9.17, 15) is 27.2 Å². The number of amides is 1. The first-order chi connectivity index (χ1) is 19.5. The van der Waals surface area contributed by atoms with Gasteiger partial charge in [0, 0.05) is 35.0 Å². The minimum Gasteiger partial charge on any atom is -0.496 e. The molecule has 3 N–H and O–H groups in total. The second-order valence-electron chi connectivity index (χ2n) is 9.33. The fourth-order valence-electron chi connectivity index (χ4n) is 4.08. The maximum absolute atomic E-state index is 14.6. The molecule has 0 radical (unpaired) electrons. The molecule has 1 amide bonds. The van der Waals surface area contributed by atoms with Crippen LogP contribution in [0.25, 0.3) is 11.1 Å². The number of halogens is 4. The Labute approximate surface area is 235 Å². The second-order valence-corrected chi connectivity index (χ2v) is 9.33. The normalized spacial score (nSPS) is 12.0. The molecule has 220 valence electrons. The number of anilines is 1. The van der Waals surface area contributed by atoms with Crippen molar-refractivity contribution in [3.8, 4) is 22.6 Å². The third-order valence-electron chi connectivity index (χ3n) is 6.26. The highest BCUT2D eigenvalue weighted by molar-refractivity contribution is 5.94. The first-order valence-electron chi connectivity index (χ1n) is 13.1. The van der Waals surface area contributed by atoms with E-state index in [4.69, 9.17) is 14.6 Å². The zero-order valence-electron chi connectivity index (χ0n) is 22.7. The average Bonchev–Trinajstić information content (AvgIpc) is 2.94. The number of rotatable bonds is 14. The standard InChI is InChI=1S/C30H32F4N2O5/c1-3-4-5-22(36-21-9-6-19(7-10-21)29(39)35-15-14-28(37)38)18-41-23-11-13-25(27(17-23)40-2)24-12-8-20(16-26(24)31)30(32,33)34/h6-13,16-17,22,36H,3-5,14-15,18H2,1-2H3,(H,35,39)(H,37,38)/t22-/m0/s1. The second kappa shape index (κ2) is 14.4. The van der Waals surface area contributed by atoms with Gasteiger partial charge in [-0.1, -0.05) is 25.8 Å². The number of benzene rings is 3. The summed E-state index contributed by atoms with van der Waals surface area (Å²) in [5.74, 6) is -1.68. The van der Waals surface area contributed by atoms with Gasteiger partial charge in [0.15, 0.2) is 0 Å². The average molecular weight is 577 g/mol.